The van der Waals surface area contributed by atoms with Crippen LogP contribution in [-0.2, 0) is 19.6 Å². The molecule has 2 aromatic heterocycles. The average molecular weight is 563 g/mol. The molecule has 0 bridgehead atoms. The van der Waals surface area contributed by atoms with Crippen molar-refractivity contribution < 1.29 is 0 Å². The average Bonchev–Trinajstić information content (AvgIpc) is 3.22. The van der Waals surface area contributed by atoms with E-state index >= 15 is 0 Å². The van der Waals surface area contributed by atoms with E-state index in [1.165, 1.54) is 16.7 Å². The van der Waals surface area contributed by atoms with Crippen molar-refractivity contribution in [3.63, 3.8) is 0 Å². The van der Waals surface area contributed by atoms with Crippen molar-refractivity contribution in [2.45, 2.75) is 19.6 Å². The Bertz CT molecular complexity index is 1380. The number of imidazole rings is 1. The molecule has 0 atom stereocenters. The van der Waals surface area contributed by atoms with E-state index in [1.54, 1.807) is 6.33 Å². The lowest BCUT2D eigenvalue weighted by Crippen LogP contribution is -2.23. The summed E-state index contributed by atoms with van der Waals surface area (Å²) in [6.45, 7) is 2.12. The smallest absolute Gasteiger partial charge is 0.165 e. The van der Waals surface area contributed by atoms with Crippen molar-refractivity contribution >= 4 is 48.8 Å². The Labute approximate surface area is 209 Å². The van der Waals surface area contributed by atoms with Gasteiger partial charge >= 0.3 is 0 Å². The molecule has 3 aromatic carbocycles. The number of anilines is 1. The third-order valence-corrected chi connectivity index (χ3v) is 6.39. The molecule has 0 saturated heterocycles. The highest BCUT2D eigenvalue weighted by molar-refractivity contribution is 9.10. The Kier molecular flexibility index (Phi) is 6.51. The van der Waals surface area contributed by atoms with Crippen molar-refractivity contribution in [2.24, 2.45) is 0 Å². The Balaban J connectivity index is 1.53. The molecule has 164 valence electrons. The van der Waals surface area contributed by atoms with Gasteiger partial charge in [0, 0.05) is 22.0 Å². The Morgan fingerprint density at radius 2 is 1.36 bits per heavy atom. The van der Waals surface area contributed by atoms with E-state index in [4.69, 9.17) is 4.98 Å². The van der Waals surface area contributed by atoms with Crippen molar-refractivity contribution in [2.75, 3.05) is 4.90 Å². The molecule has 0 N–H and O–H groups in total. The molecule has 2 heterocycles. The first kappa shape index (κ1) is 21.8. The molecule has 0 aliphatic heterocycles. The molecule has 5 aromatic rings. The molecule has 0 aliphatic rings. The van der Waals surface area contributed by atoms with Crippen LogP contribution in [0.3, 0.4) is 0 Å². The molecule has 0 saturated carbocycles. The third kappa shape index (κ3) is 5.15. The molecule has 33 heavy (non-hydrogen) atoms. The molecule has 7 heteroatoms. The lowest BCUT2D eigenvalue weighted by Gasteiger charge is -2.24. The van der Waals surface area contributed by atoms with Crippen LogP contribution in [0.4, 0.5) is 5.82 Å². The maximum absolute atomic E-state index is 4.73. The summed E-state index contributed by atoms with van der Waals surface area (Å²) < 4.78 is 4.19. The Morgan fingerprint density at radius 3 is 2.12 bits per heavy atom. The fourth-order valence-corrected chi connectivity index (χ4v) is 4.81. The number of hydrogen-bond acceptors (Lipinski definition) is 4. The van der Waals surface area contributed by atoms with Crippen molar-refractivity contribution in [3.05, 3.63) is 117 Å². The van der Waals surface area contributed by atoms with Gasteiger partial charge < -0.3 is 9.47 Å². The van der Waals surface area contributed by atoms with Gasteiger partial charge in [-0.15, -0.1) is 0 Å². The lowest BCUT2D eigenvalue weighted by molar-refractivity contribution is 0.782. The normalized spacial score (nSPS) is 11.1. The summed E-state index contributed by atoms with van der Waals surface area (Å²) >= 11 is 7.15. The highest BCUT2D eigenvalue weighted by atomic mass is 79.9. The van der Waals surface area contributed by atoms with Gasteiger partial charge in [0.1, 0.15) is 6.33 Å². The van der Waals surface area contributed by atoms with Gasteiger partial charge in [0.15, 0.2) is 17.0 Å². The first-order valence-corrected chi connectivity index (χ1v) is 12.2. The van der Waals surface area contributed by atoms with Gasteiger partial charge in [0.2, 0.25) is 0 Å². The van der Waals surface area contributed by atoms with Crippen LogP contribution in [0.2, 0.25) is 0 Å². The fourth-order valence-electron chi connectivity index (χ4n) is 3.91. The van der Waals surface area contributed by atoms with Crippen molar-refractivity contribution in [1.82, 2.24) is 19.5 Å². The number of halogens is 2. The largest absolute Gasteiger partial charge is 0.346 e. The summed E-state index contributed by atoms with van der Waals surface area (Å²) in [5, 5.41) is 0. The second-order valence-corrected chi connectivity index (χ2v) is 9.67. The zero-order valence-electron chi connectivity index (χ0n) is 17.8. The van der Waals surface area contributed by atoms with Gasteiger partial charge in [0.25, 0.3) is 0 Å². The van der Waals surface area contributed by atoms with Gasteiger partial charge in [-0.05, 0) is 41.0 Å². The monoisotopic (exact) mass is 561 g/mol. The van der Waals surface area contributed by atoms with Gasteiger partial charge in [-0.25, -0.2) is 15.0 Å². The van der Waals surface area contributed by atoms with Gasteiger partial charge in [-0.2, -0.15) is 0 Å². The number of fused-ring (bicyclic) bond motifs is 1. The third-order valence-electron chi connectivity index (χ3n) is 5.40. The van der Waals surface area contributed by atoms with E-state index in [0.717, 1.165) is 32.5 Å². The zero-order valence-corrected chi connectivity index (χ0v) is 20.9. The minimum atomic E-state index is 0.691. The van der Waals surface area contributed by atoms with Crippen LogP contribution in [0.25, 0.3) is 11.2 Å². The van der Waals surface area contributed by atoms with E-state index in [0.29, 0.717) is 13.1 Å². The minimum Gasteiger partial charge on any atom is -0.346 e. The molecule has 0 radical (unpaired) electrons. The highest BCUT2D eigenvalue weighted by Crippen LogP contribution is 2.26. The molecule has 0 spiro atoms. The number of hydrogen-bond donors (Lipinski definition) is 0. The number of aromatic nitrogens is 4. The van der Waals surface area contributed by atoms with Crippen LogP contribution in [0.15, 0.2) is 100 Å². The maximum Gasteiger partial charge on any atom is 0.165 e. The highest BCUT2D eigenvalue weighted by Gasteiger charge is 2.17. The predicted molar refractivity (Wildman–Crippen MR) is 139 cm³/mol. The lowest BCUT2D eigenvalue weighted by atomic mass is 10.1. The summed E-state index contributed by atoms with van der Waals surface area (Å²) in [6, 6.07) is 27.1. The number of nitrogens with zero attached hydrogens (tertiary/aromatic N) is 5. The van der Waals surface area contributed by atoms with Crippen LogP contribution in [0, 0.1) is 0 Å². The first-order chi connectivity index (χ1) is 16.2. The molecule has 0 unspecified atom stereocenters. The molecule has 5 nitrogen and oxygen atoms in total. The van der Waals surface area contributed by atoms with E-state index in [2.05, 4.69) is 106 Å². The maximum atomic E-state index is 4.73. The van der Waals surface area contributed by atoms with Gasteiger partial charge in [0.05, 0.1) is 12.9 Å². The zero-order chi connectivity index (χ0) is 22.6. The summed E-state index contributed by atoms with van der Waals surface area (Å²) in [5.41, 5.74) is 5.22. The first-order valence-electron chi connectivity index (χ1n) is 10.6. The molecular formula is C26H21Br2N5. The van der Waals surface area contributed by atoms with Crippen molar-refractivity contribution in [3.8, 4) is 0 Å². The molecule has 5 rings (SSSR count). The minimum absolute atomic E-state index is 0.691. The predicted octanol–water partition coefficient (Wildman–Crippen LogP) is 6.61. The Morgan fingerprint density at radius 1 is 0.697 bits per heavy atom. The number of rotatable bonds is 7. The molecular weight excluding hydrogens is 542 g/mol. The van der Waals surface area contributed by atoms with E-state index in [-0.39, 0.29) is 0 Å². The molecule has 0 fully saturated rings. The summed E-state index contributed by atoms with van der Waals surface area (Å²) in [6.07, 6.45) is 3.49. The summed E-state index contributed by atoms with van der Waals surface area (Å²) in [5.74, 6) is 0.830. The van der Waals surface area contributed by atoms with E-state index in [1.807, 2.05) is 30.6 Å². The van der Waals surface area contributed by atoms with Gasteiger partial charge in [-0.3, -0.25) is 0 Å². The van der Waals surface area contributed by atoms with Crippen LogP contribution in [0.1, 0.15) is 16.7 Å². The topological polar surface area (TPSA) is 46.8 Å². The van der Waals surface area contributed by atoms with Crippen molar-refractivity contribution in [1.29, 1.82) is 0 Å². The summed E-state index contributed by atoms with van der Waals surface area (Å²) in [4.78, 5) is 16.2. The number of benzene rings is 3. The standard InChI is InChI=1S/C26H21Br2N5/c27-22-10-4-8-20(12-22)15-32(14-19-6-2-1-3-7-19)25-24-26(30-17-29-25)33(18-31-24)16-21-9-5-11-23(28)13-21/h1-13,17-18H,14-16H2. The van der Waals surface area contributed by atoms with Gasteiger partial charge in [-0.1, -0.05) is 86.5 Å². The second kappa shape index (κ2) is 9.85. The summed E-state index contributed by atoms with van der Waals surface area (Å²) in [7, 11) is 0. The fraction of sp³-hybridized carbons (Fsp3) is 0.115. The Hall–Kier alpha value is -3.03. The SMILES string of the molecule is Brc1cccc(CN(Cc2ccccc2)c2ncnc3c2ncn3Cc2cccc(Br)c2)c1. The quantitative estimate of drug-likeness (QED) is 0.224. The van der Waals surface area contributed by atoms with Crippen LogP contribution in [0.5, 0.6) is 0 Å². The molecule has 0 amide bonds. The van der Waals surface area contributed by atoms with E-state index < -0.39 is 0 Å². The second-order valence-electron chi connectivity index (χ2n) is 7.84. The van der Waals surface area contributed by atoms with E-state index in [9.17, 15) is 0 Å². The van der Waals surface area contributed by atoms with Crippen LogP contribution in [-0.4, -0.2) is 19.5 Å². The van der Waals surface area contributed by atoms with Crippen LogP contribution >= 0.6 is 31.9 Å². The molecule has 0 aliphatic carbocycles. The van der Waals surface area contributed by atoms with Crippen LogP contribution < -0.4 is 4.90 Å².